The van der Waals surface area contributed by atoms with Crippen LogP contribution in [0.1, 0.15) is 68.3 Å². The maximum atomic E-state index is 15.2. The lowest BCUT2D eigenvalue weighted by Crippen LogP contribution is -2.30. The molecule has 0 amide bonds. The van der Waals surface area contributed by atoms with Crippen molar-refractivity contribution >= 4 is 17.6 Å². The minimum Gasteiger partial charge on any atom is -0.493 e. The van der Waals surface area contributed by atoms with E-state index in [0.717, 1.165) is 68.5 Å². The predicted molar refractivity (Wildman–Crippen MR) is 156 cm³/mol. The molecule has 12 heteroatoms. The number of benzene rings is 2. The number of rotatable bonds is 13. The van der Waals surface area contributed by atoms with Crippen molar-refractivity contribution in [2.45, 2.75) is 64.5 Å². The third-order valence-corrected chi connectivity index (χ3v) is 7.58. The minimum atomic E-state index is -1.18. The number of hydrogen-bond donors (Lipinski definition) is 2. The fraction of sp³-hybridized carbons (Fsp3) is 0.406. The summed E-state index contributed by atoms with van der Waals surface area (Å²) in [6, 6.07) is 6.12. The molecule has 1 fully saturated rings. The van der Waals surface area contributed by atoms with Gasteiger partial charge in [-0.15, -0.1) is 0 Å². The first-order valence-electron chi connectivity index (χ1n) is 14.6. The van der Waals surface area contributed by atoms with Crippen molar-refractivity contribution in [3.05, 3.63) is 87.2 Å². The number of nitrogens with one attached hydrogen (secondary N) is 1. The molecule has 0 saturated heterocycles. The molecular formula is C32H35F4N3O5. The number of anilines is 1. The first-order chi connectivity index (χ1) is 21.0. The summed E-state index contributed by atoms with van der Waals surface area (Å²) in [5, 5.41) is 3.38. The molecule has 1 aliphatic carbocycles. The number of hydrogen-bond acceptors (Lipinski definition) is 7. The van der Waals surface area contributed by atoms with Crippen LogP contribution in [0.4, 0.5) is 23.4 Å². The number of halogens is 4. The zero-order valence-corrected chi connectivity index (χ0v) is 24.5. The highest BCUT2D eigenvalue weighted by atomic mass is 19.1. The van der Waals surface area contributed by atoms with E-state index in [9.17, 15) is 23.2 Å². The zero-order chi connectivity index (χ0) is 32.0. The molecule has 3 N–H and O–H groups in total. The molecule has 0 spiro atoms. The minimum absolute atomic E-state index is 0.107. The first kappa shape index (κ1) is 32.7. The lowest BCUT2D eigenvalue weighted by atomic mass is 10.0. The second kappa shape index (κ2) is 14.5. The molecule has 0 bridgehead atoms. The van der Waals surface area contributed by atoms with Gasteiger partial charge >= 0.3 is 5.97 Å². The summed E-state index contributed by atoms with van der Waals surface area (Å²) >= 11 is 0. The number of carbonyl (C=O) groups is 2. The van der Waals surface area contributed by atoms with E-state index < -0.39 is 57.2 Å². The van der Waals surface area contributed by atoms with Gasteiger partial charge < -0.3 is 20.5 Å². The quantitative estimate of drug-likeness (QED) is 0.113. The van der Waals surface area contributed by atoms with E-state index in [1.165, 1.54) is 0 Å². The summed E-state index contributed by atoms with van der Waals surface area (Å²) in [5.41, 5.74) is 3.28. The highest BCUT2D eigenvalue weighted by Crippen LogP contribution is 2.28. The van der Waals surface area contributed by atoms with Gasteiger partial charge in [0.25, 0.3) is 5.56 Å². The van der Waals surface area contributed by atoms with Gasteiger partial charge in [0.2, 0.25) is 0 Å². The van der Waals surface area contributed by atoms with Crippen molar-refractivity contribution in [2.24, 2.45) is 5.92 Å². The molecule has 1 aromatic heterocycles. The van der Waals surface area contributed by atoms with Crippen LogP contribution in [0.5, 0.6) is 5.75 Å². The van der Waals surface area contributed by atoms with Crippen molar-refractivity contribution in [2.75, 3.05) is 18.9 Å². The van der Waals surface area contributed by atoms with Gasteiger partial charge in [0.15, 0.2) is 17.4 Å². The van der Waals surface area contributed by atoms with Crippen molar-refractivity contribution < 1.29 is 36.6 Å². The standard InChI is InChI=1S/C32H35F4N3O5/c1-3-5-18(2)32(42)44-21-8-7-20(15-21)38-12-4-13-43-22-16-26(35)29(27(36)17-22)39-28(40)11-10-24(31(39)37)30(41)23-9-6-19(33)14-25(23)34/h6,9-11,14,16-18,20-21,38H,3-5,7-8,12-13,15,37H2,1-2H3/t18?,20-,21?/m0/s1. The maximum Gasteiger partial charge on any atom is 0.308 e. The Kier molecular flexibility index (Phi) is 10.8. The molecule has 236 valence electrons. The van der Waals surface area contributed by atoms with E-state index in [1.807, 2.05) is 13.8 Å². The zero-order valence-electron chi connectivity index (χ0n) is 24.5. The van der Waals surface area contributed by atoms with E-state index in [0.29, 0.717) is 23.6 Å². The maximum absolute atomic E-state index is 15.2. The van der Waals surface area contributed by atoms with Gasteiger partial charge in [-0.1, -0.05) is 20.3 Å². The largest absolute Gasteiger partial charge is 0.493 e. The molecule has 8 nitrogen and oxygen atoms in total. The summed E-state index contributed by atoms with van der Waals surface area (Å²) in [7, 11) is 0. The Bertz CT molecular complexity index is 1550. The van der Waals surface area contributed by atoms with E-state index in [1.54, 1.807) is 0 Å². The molecule has 2 unspecified atom stereocenters. The summed E-state index contributed by atoms with van der Waals surface area (Å²) in [6.45, 7) is 4.61. The van der Waals surface area contributed by atoms with Gasteiger partial charge in [-0.05, 0) is 56.8 Å². The van der Waals surface area contributed by atoms with Gasteiger partial charge in [0.1, 0.15) is 35.0 Å². The van der Waals surface area contributed by atoms with Crippen molar-refractivity contribution in [1.29, 1.82) is 0 Å². The van der Waals surface area contributed by atoms with Crippen LogP contribution < -0.4 is 21.3 Å². The van der Waals surface area contributed by atoms with Gasteiger partial charge in [-0.2, -0.15) is 0 Å². The Morgan fingerprint density at radius 2 is 1.73 bits per heavy atom. The highest BCUT2D eigenvalue weighted by molar-refractivity contribution is 6.11. The van der Waals surface area contributed by atoms with Crippen molar-refractivity contribution in [3.8, 4) is 11.4 Å². The molecule has 2 aromatic carbocycles. The van der Waals surface area contributed by atoms with Crippen LogP contribution in [-0.4, -0.2) is 41.6 Å². The Balaban J connectivity index is 1.35. The molecule has 44 heavy (non-hydrogen) atoms. The third-order valence-electron chi connectivity index (χ3n) is 7.58. The third kappa shape index (κ3) is 7.65. The Morgan fingerprint density at radius 3 is 2.41 bits per heavy atom. The molecular weight excluding hydrogens is 582 g/mol. The van der Waals surface area contributed by atoms with Crippen molar-refractivity contribution in [1.82, 2.24) is 9.88 Å². The molecule has 1 heterocycles. The number of nitrogen functional groups attached to an aromatic ring is 1. The van der Waals surface area contributed by atoms with Gasteiger partial charge in [-0.25, -0.2) is 17.6 Å². The second-order valence-electron chi connectivity index (χ2n) is 10.9. The summed E-state index contributed by atoms with van der Waals surface area (Å²) in [6.07, 6.45) is 4.51. The lowest BCUT2D eigenvalue weighted by Gasteiger charge is -2.17. The molecule has 3 aromatic rings. The topological polar surface area (TPSA) is 113 Å². The monoisotopic (exact) mass is 617 g/mol. The number of ether oxygens (including phenoxy) is 2. The van der Waals surface area contributed by atoms with Crippen LogP contribution in [0, 0.1) is 29.2 Å². The summed E-state index contributed by atoms with van der Waals surface area (Å²) in [5.74, 6) is -6.43. The van der Waals surface area contributed by atoms with Crippen LogP contribution in [0.25, 0.3) is 5.69 Å². The van der Waals surface area contributed by atoms with Crippen LogP contribution in [0.2, 0.25) is 0 Å². The number of esters is 1. The number of nitrogens with zero attached hydrogens (tertiary/aromatic N) is 1. The average molecular weight is 618 g/mol. The van der Waals surface area contributed by atoms with Crippen molar-refractivity contribution in [3.63, 3.8) is 0 Å². The number of pyridine rings is 1. The van der Waals surface area contributed by atoms with E-state index in [-0.39, 0.29) is 36.4 Å². The molecule has 0 aliphatic heterocycles. The molecule has 4 rings (SSSR count). The molecule has 0 radical (unpaired) electrons. The normalized spacial score (nSPS) is 17.0. The smallest absolute Gasteiger partial charge is 0.308 e. The lowest BCUT2D eigenvalue weighted by molar-refractivity contribution is -0.153. The molecule has 3 atom stereocenters. The van der Waals surface area contributed by atoms with Crippen LogP contribution >= 0.6 is 0 Å². The number of carbonyl (C=O) groups excluding carboxylic acids is 2. The van der Waals surface area contributed by atoms with E-state index >= 15 is 8.78 Å². The summed E-state index contributed by atoms with van der Waals surface area (Å²) in [4.78, 5) is 37.6. The summed E-state index contributed by atoms with van der Waals surface area (Å²) < 4.78 is 69.4. The highest BCUT2D eigenvalue weighted by Gasteiger charge is 2.28. The first-order valence-corrected chi connectivity index (χ1v) is 14.6. The van der Waals surface area contributed by atoms with Gasteiger partial charge in [0, 0.05) is 30.3 Å². The fourth-order valence-corrected chi connectivity index (χ4v) is 5.27. The number of nitrogens with two attached hydrogens (primary N) is 1. The number of aromatic nitrogens is 1. The molecule has 1 saturated carbocycles. The SMILES string of the molecule is CCCC(C)C(=O)OC1CC[C@H](NCCCOc2cc(F)c(-n3c(N)c(C(=O)c4ccc(F)cc4F)ccc3=O)c(F)c2)C1. The molecule has 1 aliphatic rings. The van der Waals surface area contributed by atoms with E-state index in [2.05, 4.69) is 5.32 Å². The van der Waals surface area contributed by atoms with Gasteiger partial charge in [-0.3, -0.25) is 19.0 Å². The van der Waals surface area contributed by atoms with Crippen LogP contribution in [0.3, 0.4) is 0 Å². The Hall–Kier alpha value is -4.19. The average Bonchev–Trinajstić information content (AvgIpc) is 3.41. The number of ketones is 1. The Labute approximate surface area is 252 Å². The van der Waals surface area contributed by atoms with Crippen LogP contribution in [0.15, 0.2) is 47.3 Å². The van der Waals surface area contributed by atoms with Crippen LogP contribution in [-0.2, 0) is 9.53 Å². The Morgan fingerprint density at radius 1 is 1.02 bits per heavy atom. The van der Waals surface area contributed by atoms with E-state index in [4.69, 9.17) is 15.2 Å². The fourth-order valence-electron chi connectivity index (χ4n) is 5.27. The van der Waals surface area contributed by atoms with Gasteiger partial charge in [0.05, 0.1) is 23.7 Å². The second-order valence-corrected chi connectivity index (χ2v) is 10.9. The predicted octanol–water partition coefficient (Wildman–Crippen LogP) is 5.47.